The molecule has 1 amide bonds. The van der Waals surface area contributed by atoms with Crippen molar-refractivity contribution in [1.29, 1.82) is 0 Å². The molecule has 30 heavy (non-hydrogen) atoms. The molecule has 1 unspecified atom stereocenters. The first kappa shape index (κ1) is 18.4. The number of hydrogen-bond donors (Lipinski definition) is 2. The number of anilines is 2. The average Bonchev–Trinajstić information content (AvgIpc) is 3.67. The Balaban J connectivity index is 1.39. The standard InChI is InChI=1S/C21H17F2N5O2/c22-16-14(27-18(29)12-10-21(12)6-7-21)3-4-15(17(16)23)30-19-11(2-1-8-25-19)13-5-9-26-20(24)28-13/h1-5,8-9,12H,6-7,10H2,(H,27,29)(H2,24,26,28). The molecule has 5 rings (SSSR count). The summed E-state index contributed by atoms with van der Waals surface area (Å²) >= 11 is 0. The minimum absolute atomic E-state index is 0.0272. The van der Waals surface area contributed by atoms with Gasteiger partial charge in [0.2, 0.25) is 23.6 Å². The summed E-state index contributed by atoms with van der Waals surface area (Å²) in [4.78, 5) is 24.3. The Bertz CT molecular complexity index is 1170. The van der Waals surface area contributed by atoms with Crippen LogP contribution in [0.1, 0.15) is 19.3 Å². The number of amides is 1. The Kier molecular flexibility index (Phi) is 4.12. The van der Waals surface area contributed by atoms with Crippen molar-refractivity contribution in [3.8, 4) is 22.9 Å². The van der Waals surface area contributed by atoms with Gasteiger partial charge in [-0.3, -0.25) is 4.79 Å². The first-order chi connectivity index (χ1) is 14.5. The fraction of sp³-hybridized carbons (Fsp3) is 0.238. The van der Waals surface area contributed by atoms with Gasteiger partial charge in [0.15, 0.2) is 11.6 Å². The molecule has 2 aromatic heterocycles. The lowest BCUT2D eigenvalue weighted by Crippen LogP contribution is -2.16. The molecule has 9 heteroatoms. The van der Waals surface area contributed by atoms with Crippen molar-refractivity contribution >= 4 is 17.5 Å². The zero-order chi connectivity index (χ0) is 20.9. The Labute approximate surface area is 170 Å². The van der Waals surface area contributed by atoms with E-state index < -0.39 is 11.6 Å². The van der Waals surface area contributed by atoms with Crippen LogP contribution >= 0.6 is 0 Å². The predicted octanol–water partition coefficient (Wildman–Crippen LogP) is 3.93. The Hall–Kier alpha value is -3.62. The summed E-state index contributed by atoms with van der Waals surface area (Å²) in [5.74, 6) is -3.06. The number of hydrogen-bond acceptors (Lipinski definition) is 6. The number of carbonyl (C=O) groups is 1. The quantitative estimate of drug-likeness (QED) is 0.662. The van der Waals surface area contributed by atoms with Crippen molar-refractivity contribution in [3.05, 3.63) is 54.4 Å². The Morgan fingerprint density at radius 3 is 2.70 bits per heavy atom. The van der Waals surface area contributed by atoms with E-state index >= 15 is 0 Å². The van der Waals surface area contributed by atoms with E-state index in [1.54, 1.807) is 18.2 Å². The van der Waals surface area contributed by atoms with Gasteiger partial charge in [-0.05, 0) is 55.0 Å². The maximum atomic E-state index is 14.7. The number of nitrogens with one attached hydrogen (secondary N) is 1. The first-order valence-electron chi connectivity index (χ1n) is 9.47. The summed E-state index contributed by atoms with van der Waals surface area (Å²) < 4.78 is 34.8. The molecule has 0 aliphatic heterocycles. The number of rotatable bonds is 5. The third-order valence-corrected chi connectivity index (χ3v) is 5.63. The number of ether oxygens (including phenoxy) is 1. The first-order valence-corrected chi connectivity index (χ1v) is 9.47. The van der Waals surface area contributed by atoms with Crippen LogP contribution in [0.3, 0.4) is 0 Å². The monoisotopic (exact) mass is 409 g/mol. The van der Waals surface area contributed by atoms with Gasteiger partial charge >= 0.3 is 0 Å². The molecule has 1 atom stereocenters. The molecule has 3 N–H and O–H groups in total. The molecule has 2 fully saturated rings. The van der Waals surface area contributed by atoms with Gasteiger partial charge < -0.3 is 15.8 Å². The molecule has 1 aromatic carbocycles. The van der Waals surface area contributed by atoms with Crippen LogP contribution in [-0.2, 0) is 4.79 Å². The van der Waals surface area contributed by atoms with Crippen LogP contribution in [0.25, 0.3) is 11.3 Å². The molecular weight excluding hydrogens is 392 g/mol. The van der Waals surface area contributed by atoms with Crippen LogP contribution < -0.4 is 15.8 Å². The smallest absolute Gasteiger partial charge is 0.228 e. The summed E-state index contributed by atoms with van der Waals surface area (Å²) in [6, 6.07) is 7.44. The maximum absolute atomic E-state index is 14.7. The van der Waals surface area contributed by atoms with E-state index in [9.17, 15) is 13.6 Å². The van der Waals surface area contributed by atoms with Gasteiger partial charge in [-0.1, -0.05) is 0 Å². The lowest BCUT2D eigenvalue weighted by molar-refractivity contribution is -0.117. The van der Waals surface area contributed by atoms with Crippen molar-refractivity contribution in [2.45, 2.75) is 19.3 Å². The molecular formula is C21H17F2N5O2. The molecule has 0 bridgehead atoms. The minimum atomic E-state index is -1.22. The summed E-state index contributed by atoms with van der Waals surface area (Å²) in [6.45, 7) is 0. The molecule has 2 heterocycles. The third kappa shape index (κ3) is 3.22. The van der Waals surface area contributed by atoms with Crippen LogP contribution in [0.4, 0.5) is 20.4 Å². The van der Waals surface area contributed by atoms with Crippen molar-refractivity contribution in [1.82, 2.24) is 15.0 Å². The number of nitrogen functional groups attached to an aromatic ring is 1. The number of benzene rings is 1. The number of aromatic nitrogens is 3. The highest BCUT2D eigenvalue weighted by Gasteiger charge is 2.65. The van der Waals surface area contributed by atoms with Gasteiger partial charge in [0, 0.05) is 18.3 Å². The van der Waals surface area contributed by atoms with Gasteiger partial charge in [0.1, 0.15) is 0 Å². The van der Waals surface area contributed by atoms with E-state index in [0.717, 1.165) is 19.3 Å². The Morgan fingerprint density at radius 1 is 1.13 bits per heavy atom. The second-order valence-corrected chi connectivity index (χ2v) is 7.61. The normalized spacial score (nSPS) is 18.1. The fourth-order valence-electron chi connectivity index (χ4n) is 3.65. The second kappa shape index (κ2) is 6.72. The number of carbonyl (C=O) groups excluding carboxylic acids is 1. The second-order valence-electron chi connectivity index (χ2n) is 7.61. The van der Waals surface area contributed by atoms with Crippen molar-refractivity contribution in [2.75, 3.05) is 11.1 Å². The van der Waals surface area contributed by atoms with Gasteiger partial charge in [-0.15, -0.1) is 0 Å². The summed E-state index contributed by atoms with van der Waals surface area (Å²) in [5, 5.41) is 2.49. The summed E-state index contributed by atoms with van der Waals surface area (Å²) in [6.07, 6.45) is 5.80. The highest BCUT2D eigenvalue weighted by atomic mass is 19.2. The third-order valence-electron chi connectivity index (χ3n) is 5.63. The van der Waals surface area contributed by atoms with E-state index in [1.165, 1.54) is 24.5 Å². The minimum Gasteiger partial charge on any atom is -0.435 e. The average molecular weight is 409 g/mol. The van der Waals surface area contributed by atoms with Crippen molar-refractivity contribution in [2.24, 2.45) is 11.3 Å². The van der Waals surface area contributed by atoms with Gasteiger partial charge in [-0.2, -0.15) is 4.39 Å². The topological polar surface area (TPSA) is 103 Å². The van der Waals surface area contributed by atoms with E-state index in [0.29, 0.717) is 11.3 Å². The van der Waals surface area contributed by atoms with E-state index in [-0.39, 0.29) is 40.5 Å². The molecule has 1 spiro atoms. The largest absolute Gasteiger partial charge is 0.435 e. The van der Waals surface area contributed by atoms with Crippen LogP contribution in [0.5, 0.6) is 11.6 Å². The van der Waals surface area contributed by atoms with Gasteiger partial charge in [0.25, 0.3) is 0 Å². The van der Waals surface area contributed by atoms with E-state index in [4.69, 9.17) is 10.5 Å². The number of halogens is 2. The summed E-state index contributed by atoms with van der Waals surface area (Å²) in [7, 11) is 0. The van der Waals surface area contributed by atoms with Crippen LogP contribution in [0, 0.1) is 23.0 Å². The zero-order valence-electron chi connectivity index (χ0n) is 15.7. The van der Waals surface area contributed by atoms with Gasteiger partial charge in [-0.25, -0.2) is 19.3 Å². The molecule has 2 aliphatic rings. The highest BCUT2D eigenvalue weighted by molar-refractivity contribution is 5.95. The zero-order valence-corrected chi connectivity index (χ0v) is 15.7. The fourth-order valence-corrected chi connectivity index (χ4v) is 3.65. The number of nitrogens with zero attached hydrogens (tertiary/aromatic N) is 3. The molecule has 0 saturated heterocycles. The van der Waals surface area contributed by atoms with E-state index in [1.807, 2.05) is 0 Å². The number of nitrogens with two attached hydrogens (primary N) is 1. The van der Waals surface area contributed by atoms with Crippen LogP contribution in [-0.4, -0.2) is 20.9 Å². The SMILES string of the molecule is Nc1nccc(-c2cccnc2Oc2ccc(NC(=O)C3CC34CC4)c(F)c2F)n1. The molecule has 3 aromatic rings. The lowest BCUT2D eigenvalue weighted by Gasteiger charge is -2.12. The van der Waals surface area contributed by atoms with Gasteiger partial charge in [0.05, 0.1) is 16.9 Å². The van der Waals surface area contributed by atoms with Crippen LogP contribution in [0.15, 0.2) is 42.7 Å². The van der Waals surface area contributed by atoms with Crippen molar-refractivity contribution < 1.29 is 18.3 Å². The van der Waals surface area contributed by atoms with Crippen molar-refractivity contribution in [3.63, 3.8) is 0 Å². The molecule has 7 nitrogen and oxygen atoms in total. The predicted molar refractivity (Wildman–Crippen MR) is 105 cm³/mol. The molecule has 152 valence electrons. The Morgan fingerprint density at radius 2 is 1.97 bits per heavy atom. The molecule has 2 saturated carbocycles. The highest BCUT2D eigenvalue weighted by Crippen LogP contribution is 2.70. The number of pyridine rings is 1. The van der Waals surface area contributed by atoms with Crippen LogP contribution in [0.2, 0.25) is 0 Å². The molecule has 2 aliphatic carbocycles. The lowest BCUT2D eigenvalue weighted by atomic mass is 10.2. The van der Waals surface area contributed by atoms with E-state index in [2.05, 4.69) is 20.3 Å². The summed E-state index contributed by atoms with van der Waals surface area (Å²) in [5.41, 5.74) is 6.40. The molecule has 0 radical (unpaired) electrons. The maximum Gasteiger partial charge on any atom is 0.228 e.